The van der Waals surface area contributed by atoms with Crippen LogP contribution in [0.3, 0.4) is 0 Å². The Morgan fingerprint density at radius 2 is 2.31 bits per heavy atom. The number of nitrogens with two attached hydrogens (primary N) is 1. The maximum absolute atomic E-state index is 6.11. The predicted octanol–water partition coefficient (Wildman–Crippen LogP) is 2.25. The maximum Gasteiger partial charge on any atom is 0.168 e. The first-order valence-corrected chi connectivity index (χ1v) is 4.35. The largest absolute Gasteiger partial charge is 0.356 e. The SMILES string of the molecule is Cc1noc2ccc(CN)c(Cl)c12. The highest BCUT2D eigenvalue weighted by Gasteiger charge is 2.10. The average Bonchev–Trinajstić information content (AvgIpc) is 2.49. The molecule has 0 saturated heterocycles. The van der Waals surface area contributed by atoms with Gasteiger partial charge in [-0.25, -0.2) is 0 Å². The fraction of sp³-hybridized carbons (Fsp3) is 0.222. The van der Waals surface area contributed by atoms with Crippen LogP contribution in [0.5, 0.6) is 0 Å². The minimum Gasteiger partial charge on any atom is -0.356 e. The number of aryl methyl sites for hydroxylation is 1. The van der Waals surface area contributed by atoms with Gasteiger partial charge in [0.05, 0.1) is 16.1 Å². The first kappa shape index (κ1) is 8.53. The minimum absolute atomic E-state index is 0.430. The molecule has 0 saturated carbocycles. The highest BCUT2D eigenvalue weighted by molar-refractivity contribution is 6.36. The Balaban J connectivity index is 2.83. The lowest BCUT2D eigenvalue weighted by Gasteiger charge is -2.00. The van der Waals surface area contributed by atoms with Crippen LogP contribution in [0.15, 0.2) is 16.7 Å². The van der Waals surface area contributed by atoms with E-state index in [2.05, 4.69) is 5.16 Å². The van der Waals surface area contributed by atoms with E-state index < -0.39 is 0 Å². The van der Waals surface area contributed by atoms with Crippen molar-refractivity contribution in [2.75, 3.05) is 0 Å². The molecule has 0 unspecified atom stereocenters. The van der Waals surface area contributed by atoms with Gasteiger partial charge >= 0.3 is 0 Å². The number of fused-ring (bicyclic) bond motifs is 1. The molecule has 2 aromatic rings. The third-order valence-electron chi connectivity index (χ3n) is 2.05. The highest BCUT2D eigenvalue weighted by Crippen LogP contribution is 2.29. The Labute approximate surface area is 80.5 Å². The summed E-state index contributed by atoms with van der Waals surface area (Å²) in [6.07, 6.45) is 0. The van der Waals surface area contributed by atoms with Crippen molar-refractivity contribution in [3.05, 3.63) is 28.4 Å². The molecular weight excluding hydrogens is 188 g/mol. The Kier molecular flexibility index (Phi) is 1.98. The van der Waals surface area contributed by atoms with E-state index in [-0.39, 0.29) is 0 Å². The van der Waals surface area contributed by atoms with Crippen LogP contribution in [0.1, 0.15) is 11.3 Å². The van der Waals surface area contributed by atoms with Crippen molar-refractivity contribution in [3.8, 4) is 0 Å². The highest BCUT2D eigenvalue weighted by atomic mass is 35.5. The Hall–Kier alpha value is -1.06. The molecule has 4 heteroatoms. The molecule has 2 N–H and O–H groups in total. The molecule has 0 amide bonds. The van der Waals surface area contributed by atoms with Crippen LogP contribution in [0.2, 0.25) is 5.02 Å². The molecule has 0 aliphatic heterocycles. The third kappa shape index (κ3) is 1.20. The summed E-state index contributed by atoms with van der Waals surface area (Å²) in [5.41, 5.74) is 7.95. The van der Waals surface area contributed by atoms with Crippen LogP contribution in [0, 0.1) is 6.92 Å². The van der Waals surface area contributed by atoms with Crippen LogP contribution < -0.4 is 5.73 Å². The fourth-order valence-corrected chi connectivity index (χ4v) is 1.71. The number of rotatable bonds is 1. The molecule has 2 rings (SSSR count). The molecule has 13 heavy (non-hydrogen) atoms. The molecule has 0 aliphatic carbocycles. The molecule has 1 heterocycles. The lowest BCUT2D eigenvalue weighted by molar-refractivity contribution is 0.450. The van der Waals surface area contributed by atoms with E-state index in [4.69, 9.17) is 21.9 Å². The van der Waals surface area contributed by atoms with Crippen LogP contribution in [0.4, 0.5) is 0 Å². The lowest BCUT2D eigenvalue weighted by atomic mass is 10.1. The molecule has 0 spiro atoms. The molecular formula is C9H9ClN2O. The van der Waals surface area contributed by atoms with Gasteiger partial charge in [-0.2, -0.15) is 0 Å². The number of nitrogens with zero attached hydrogens (tertiary/aromatic N) is 1. The van der Waals surface area contributed by atoms with E-state index >= 15 is 0 Å². The Bertz CT molecular complexity index is 450. The smallest absolute Gasteiger partial charge is 0.168 e. The van der Waals surface area contributed by atoms with Crippen molar-refractivity contribution in [2.24, 2.45) is 5.73 Å². The first-order chi connectivity index (χ1) is 6.24. The zero-order chi connectivity index (χ0) is 9.42. The molecule has 0 atom stereocenters. The normalized spacial score (nSPS) is 11.0. The molecule has 0 bridgehead atoms. The standard InChI is InChI=1S/C9H9ClN2O/c1-5-8-7(13-12-5)3-2-6(4-11)9(8)10/h2-3H,4,11H2,1H3. The van der Waals surface area contributed by atoms with Gasteiger partial charge in [0, 0.05) is 6.54 Å². The molecule has 3 nitrogen and oxygen atoms in total. The van der Waals surface area contributed by atoms with Crippen molar-refractivity contribution in [2.45, 2.75) is 13.5 Å². The zero-order valence-electron chi connectivity index (χ0n) is 7.17. The Morgan fingerprint density at radius 3 is 3.00 bits per heavy atom. The second-order valence-electron chi connectivity index (χ2n) is 2.88. The molecule has 0 radical (unpaired) electrons. The van der Waals surface area contributed by atoms with E-state index in [1.165, 1.54) is 0 Å². The summed E-state index contributed by atoms with van der Waals surface area (Å²) in [5.74, 6) is 0. The second kappa shape index (κ2) is 3.01. The van der Waals surface area contributed by atoms with Crippen LogP contribution in [0.25, 0.3) is 11.0 Å². The summed E-state index contributed by atoms with van der Waals surface area (Å²) in [4.78, 5) is 0. The summed E-state index contributed by atoms with van der Waals surface area (Å²) >= 11 is 6.11. The quantitative estimate of drug-likeness (QED) is 0.761. The van der Waals surface area contributed by atoms with Gasteiger partial charge in [0.25, 0.3) is 0 Å². The van der Waals surface area contributed by atoms with E-state index in [1.807, 2.05) is 19.1 Å². The number of hydrogen-bond acceptors (Lipinski definition) is 3. The van der Waals surface area contributed by atoms with E-state index in [0.717, 1.165) is 16.6 Å². The summed E-state index contributed by atoms with van der Waals surface area (Å²) in [6, 6.07) is 3.69. The van der Waals surface area contributed by atoms with Crippen molar-refractivity contribution >= 4 is 22.6 Å². The van der Waals surface area contributed by atoms with E-state index in [0.29, 0.717) is 17.2 Å². The second-order valence-corrected chi connectivity index (χ2v) is 3.26. The average molecular weight is 197 g/mol. The van der Waals surface area contributed by atoms with Crippen LogP contribution in [-0.4, -0.2) is 5.16 Å². The van der Waals surface area contributed by atoms with Gasteiger partial charge in [-0.15, -0.1) is 0 Å². The van der Waals surface area contributed by atoms with Gasteiger partial charge in [-0.05, 0) is 18.6 Å². The molecule has 68 valence electrons. The van der Waals surface area contributed by atoms with Crippen molar-refractivity contribution < 1.29 is 4.52 Å². The third-order valence-corrected chi connectivity index (χ3v) is 2.48. The Morgan fingerprint density at radius 1 is 1.54 bits per heavy atom. The van der Waals surface area contributed by atoms with Gasteiger partial charge in [-0.1, -0.05) is 22.8 Å². The van der Waals surface area contributed by atoms with Gasteiger partial charge < -0.3 is 10.3 Å². The van der Waals surface area contributed by atoms with Gasteiger partial charge in [0.15, 0.2) is 5.58 Å². The van der Waals surface area contributed by atoms with Gasteiger partial charge in [-0.3, -0.25) is 0 Å². The fourth-order valence-electron chi connectivity index (χ4n) is 1.34. The lowest BCUT2D eigenvalue weighted by Crippen LogP contribution is -1.96. The number of hydrogen-bond donors (Lipinski definition) is 1. The number of benzene rings is 1. The number of halogens is 1. The van der Waals surface area contributed by atoms with Crippen molar-refractivity contribution in [1.82, 2.24) is 5.16 Å². The zero-order valence-corrected chi connectivity index (χ0v) is 7.93. The van der Waals surface area contributed by atoms with Crippen LogP contribution >= 0.6 is 11.6 Å². The van der Waals surface area contributed by atoms with Gasteiger partial charge in [0.1, 0.15) is 0 Å². The van der Waals surface area contributed by atoms with Gasteiger partial charge in [0.2, 0.25) is 0 Å². The number of aromatic nitrogens is 1. The molecule has 0 aliphatic rings. The maximum atomic E-state index is 6.11. The first-order valence-electron chi connectivity index (χ1n) is 3.97. The van der Waals surface area contributed by atoms with E-state index in [1.54, 1.807) is 0 Å². The predicted molar refractivity (Wildman–Crippen MR) is 51.6 cm³/mol. The summed E-state index contributed by atoms with van der Waals surface area (Å²) in [6.45, 7) is 2.29. The molecule has 0 fully saturated rings. The van der Waals surface area contributed by atoms with E-state index in [9.17, 15) is 0 Å². The summed E-state index contributed by atoms with van der Waals surface area (Å²) in [5, 5.41) is 5.35. The monoisotopic (exact) mass is 196 g/mol. The molecule has 1 aromatic carbocycles. The topological polar surface area (TPSA) is 52.0 Å². The minimum atomic E-state index is 0.430. The van der Waals surface area contributed by atoms with Crippen LogP contribution in [-0.2, 0) is 6.54 Å². The summed E-state index contributed by atoms with van der Waals surface area (Å²) in [7, 11) is 0. The van der Waals surface area contributed by atoms with Crippen molar-refractivity contribution in [1.29, 1.82) is 0 Å². The summed E-state index contributed by atoms with van der Waals surface area (Å²) < 4.78 is 5.05. The van der Waals surface area contributed by atoms with Crippen molar-refractivity contribution in [3.63, 3.8) is 0 Å². The molecule has 1 aromatic heterocycles.